The molecule has 2 heterocycles. The number of amides is 1. The van der Waals surface area contributed by atoms with Crippen LogP contribution < -0.4 is 21.2 Å². The molecule has 0 fully saturated rings. The van der Waals surface area contributed by atoms with E-state index in [0.29, 0.717) is 11.0 Å². The van der Waals surface area contributed by atoms with Crippen LogP contribution in [0.3, 0.4) is 0 Å². The van der Waals surface area contributed by atoms with Gasteiger partial charge in [0.15, 0.2) is 10.6 Å². The van der Waals surface area contributed by atoms with Gasteiger partial charge in [0.2, 0.25) is 0 Å². The Kier molecular flexibility index (Phi) is 4.88. The lowest BCUT2D eigenvalue weighted by Gasteiger charge is -2.23. The van der Waals surface area contributed by atoms with Crippen LogP contribution in [0.25, 0.3) is 21.7 Å². The molecular weight excluding hydrogens is 430 g/mol. The smallest absolute Gasteiger partial charge is 0.349 e. The Balaban J connectivity index is 1.33. The maximum Gasteiger partial charge on any atom is 0.349 e. The monoisotopic (exact) mass is 447 g/mol. The number of carbonyl (C=O) groups is 1. The van der Waals surface area contributed by atoms with Gasteiger partial charge in [0.25, 0.3) is 5.91 Å². The van der Waals surface area contributed by atoms with Crippen molar-refractivity contribution >= 4 is 62.4 Å². The predicted octanol–water partition coefficient (Wildman–Crippen LogP) is 4.08. The summed E-state index contributed by atoms with van der Waals surface area (Å²) in [6.45, 7) is 0. The number of hydrogen-bond acceptors (Lipinski definition) is 6. The first-order valence-corrected chi connectivity index (χ1v) is 10.9. The summed E-state index contributed by atoms with van der Waals surface area (Å²) < 4.78 is 5.24. The quantitative estimate of drug-likeness (QED) is 0.354. The van der Waals surface area contributed by atoms with E-state index in [4.69, 9.17) is 16.6 Å². The van der Waals surface area contributed by atoms with E-state index in [2.05, 4.69) is 39.8 Å². The molecule has 1 aliphatic rings. The molecular formula is C23H17N3O3S2. The highest BCUT2D eigenvalue weighted by molar-refractivity contribution is 8.00. The zero-order chi connectivity index (χ0) is 21.5. The molecule has 0 spiro atoms. The minimum Gasteiger partial charge on any atom is -0.422 e. The maximum atomic E-state index is 12.6. The van der Waals surface area contributed by atoms with Gasteiger partial charge < -0.3 is 14.6 Å². The van der Waals surface area contributed by atoms with Crippen molar-refractivity contribution in [2.75, 3.05) is 11.9 Å². The minimum atomic E-state index is -0.703. The average Bonchev–Trinajstić information content (AvgIpc) is 3.08. The summed E-state index contributed by atoms with van der Waals surface area (Å²) in [6.07, 6.45) is 0. The van der Waals surface area contributed by atoms with Gasteiger partial charge in [0.05, 0.1) is 5.69 Å². The molecule has 31 heavy (non-hydrogen) atoms. The Bertz CT molecular complexity index is 1420. The molecule has 0 bridgehead atoms. The molecule has 1 amide bonds. The Morgan fingerprint density at radius 1 is 1.06 bits per heavy atom. The second-order valence-corrected chi connectivity index (χ2v) is 8.63. The second kappa shape index (κ2) is 7.72. The van der Waals surface area contributed by atoms with Crippen LogP contribution in [-0.4, -0.2) is 23.6 Å². The Morgan fingerprint density at radius 2 is 1.81 bits per heavy atom. The molecule has 5 rings (SSSR count). The van der Waals surface area contributed by atoms with Gasteiger partial charge >= 0.3 is 5.63 Å². The van der Waals surface area contributed by atoms with Crippen LogP contribution in [0.4, 0.5) is 5.69 Å². The van der Waals surface area contributed by atoms with E-state index in [-0.39, 0.29) is 16.2 Å². The third-order valence-corrected chi connectivity index (χ3v) is 6.73. The lowest BCUT2D eigenvalue weighted by atomic mass is 10.1. The van der Waals surface area contributed by atoms with E-state index < -0.39 is 11.5 Å². The molecule has 4 aromatic rings. The highest BCUT2D eigenvalue weighted by atomic mass is 32.2. The number of rotatable bonds is 2. The van der Waals surface area contributed by atoms with Crippen molar-refractivity contribution < 1.29 is 9.21 Å². The number of carbonyl (C=O) groups excluding carboxylic acids is 1. The van der Waals surface area contributed by atoms with Gasteiger partial charge in [0.1, 0.15) is 11.1 Å². The predicted molar refractivity (Wildman–Crippen MR) is 128 cm³/mol. The fourth-order valence-corrected chi connectivity index (χ4v) is 5.21. The molecule has 1 unspecified atom stereocenters. The Hall–Kier alpha value is -3.36. The summed E-state index contributed by atoms with van der Waals surface area (Å²) in [7, 11) is 1.97. The van der Waals surface area contributed by atoms with Gasteiger partial charge in [-0.05, 0) is 41.2 Å². The molecule has 0 radical (unpaired) electrons. The maximum absolute atomic E-state index is 12.6. The summed E-state index contributed by atoms with van der Waals surface area (Å²) in [5.74, 6) is -0.606. The molecule has 6 nitrogen and oxygen atoms in total. The van der Waals surface area contributed by atoms with E-state index in [1.165, 1.54) is 16.8 Å². The summed E-state index contributed by atoms with van der Waals surface area (Å²) >= 11 is 6.98. The number of para-hydroxylation sites is 1. The first-order valence-electron chi connectivity index (χ1n) is 9.57. The summed E-state index contributed by atoms with van der Waals surface area (Å²) in [4.78, 5) is 28.1. The van der Waals surface area contributed by atoms with Crippen molar-refractivity contribution in [1.29, 1.82) is 0 Å². The zero-order valence-corrected chi connectivity index (χ0v) is 18.0. The standard InChI is InChI=1S/C23H17N3O3S2/c1-26-17-11-10-13-6-2-4-8-15(13)19(17)31-23(26)25-22(30)24-20(27)16-12-14-7-3-5-9-18(14)29-21(16)28/h2-12,23H,1H3,(H2,24,25,27,30). The van der Waals surface area contributed by atoms with Crippen molar-refractivity contribution in [3.05, 3.63) is 82.7 Å². The molecule has 2 N–H and O–H groups in total. The van der Waals surface area contributed by atoms with Crippen molar-refractivity contribution in [2.45, 2.75) is 10.4 Å². The van der Waals surface area contributed by atoms with Crippen molar-refractivity contribution in [3.63, 3.8) is 0 Å². The molecule has 1 aromatic heterocycles. The SMILES string of the molecule is CN1c2ccc3ccccc3c2SC1NC(=S)NC(=O)c1cc2ccccc2oc1=O. The molecule has 3 aromatic carbocycles. The van der Waals surface area contributed by atoms with E-state index in [1.54, 1.807) is 30.0 Å². The Labute approximate surface area is 187 Å². The minimum absolute atomic E-state index is 0.0930. The van der Waals surface area contributed by atoms with Crippen LogP contribution in [0.1, 0.15) is 10.4 Å². The number of benzene rings is 3. The van der Waals surface area contributed by atoms with Gasteiger partial charge in [-0.3, -0.25) is 10.1 Å². The number of anilines is 1. The topological polar surface area (TPSA) is 74.6 Å². The summed E-state index contributed by atoms with van der Waals surface area (Å²) in [6, 6.07) is 20.9. The van der Waals surface area contributed by atoms with Gasteiger partial charge in [-0.2, -0.15) is 0 Å². The van der Waals surface area contributed by atoms with Gasteiger partial charge in [0, 0.05) is 17.3 Å². The fraction of sp³-hybridized carbons (Fsp3) is 0.0870. The van der Waals surface area contributed by atoms with Crippen LogP contribution in [0.15, 0.2) is 80.8 Å². The van der Waals surface area contributed by atoms with E-state index >= 15 is 0 Å². The summed E-state index contributed by atoms with van der Waals surface area (Å²) in [5.41, 5.74) is 0.528. The highest BCUT2D eigenvalue weighted by Crippen LogP contribution is 2.45. The highest BCUT2D eigenvalue weighted by Gasteiger charge is 2.29. The third-order valence-electron chi connectivity index (χ3n) is 5.19. The molecule has 154 valence electrons. The number of nitrogens with zero attached hydrogens (tertiary/aromatic N) is 1. The van der Waals surface area contributed by atoms with Crippen molar-refractivity contribution in [3.8, 4) is 0 Å². The normalized spacial score (nSPS) is 15.1. The van der Waals surface area contributed by atoms with Crippen LogP contribution in [0.2, 0.25) is 0 Å². The first-order chi connectivity index (χ1) is 15.0. The van der Waals surface area contributed by atoms with Gasteiger partial charge in [-0.25, -0.2) is 4.79 Å². The molecule has 0 aliphatic carbocycles. The molecule has 1 aliphatic heterocycles. The van der Waals surface area contributed by atoms with E-state index in [9.17, 15) is 9.59 Å². The Morgan fingerprint density at radius 3 is 2.65 bits per heavy atom. The number of thiocarbonyl (C=S) groups is 1. The number of nitrogens with one attached hydrogen (secondary N) is 2. The van der Waals surface area contributed by atoms with E-state index in [1.807, 2.05) is 25.2 Å². The average molecular weight is 448 g/mol. The van der Waals surface area contributed by atoms with Crippen molar-refractivity contribution in [1.82, 2.24) is 10.6 Å². The van der Waals surface area contributed by atoms with Gasteiger partial charge in [-0.15, -0.1) is 0 Å². The third kappa shape index (κ3) is 3.54. The largest absolute Gasteiger partial charge is 0.422 e. The number of fused-ring (bicyclic) bond motifs is 4. The zero-order valence-electron chi connectivity index (χ0n) is 16.4. The molecule has 0 saturated heterocycles. The van der Waals surface area contributed by atoms with E-state index in [0.717, 1.165) is 10.6 Å². The van der Waals surface area contributed by atoms with Crippen molar-refractivity contribution in [2.24, 2.45) is 0 Å². The lowest BCUT2D eigenvalue weighted by Crippen LogP contribution is -2.48. The van der Waals surface area contributed by atoms with Gasteiger partial charge in [-0.1, -0.05) is 60.3 Å². The first kappa shape index (κ1) is 19.6. The van der Waals surface area contributed by atoms with Crippen LogP contribution >= 0.6 is 24.0 Å². The molecule has 1 atom stereocenters. The molecule has 8 heteroatoms. The number of hydrogen-bond donors (Lipinski definition) is 2. The number of thioether (sulfide) groups is 1. The molecule has 0 saturated carbocycles. The summed E-state index contributed by atoms with van der Waals surface area (Å²) in [5, 5.41) is 8.89. The van der Waals surface area contributed by atoms with Crippen LogP contribution in [0, 0.1) is 0 Å². The lowest BCUT2D eigenvalue weighted by molar-refractivity contribution is 0.0973. The van der Waals surface area contributed by atoms with Crippen LogP contribution in [0.5, 0.6) is 0 Å². The second-order valence-electron chi connectivity index (χ2n) is 7.13. The fourth-order valence-electron chi connectivity index (χ4n) is 3.62. The van der Waals surface area contributed by atoms with Crippen LogP contribution in [-0.2, 0) is 0 Å².